The Bertz CT molecular complexity index is 315. The molecule has 0 amide bonds. The molecule has 0 saturated heterocycles. The highest BCUT2D eigenvalue weighted by molar-refractivity contribution is 7.80. The number of thiol groups is 1. The smallest absolute Gasteiger partial charge is 0.124 e. The van der Waals surface area contributed by atoms with Crippen LogP contribution in [0.15, 0.2) is 12.1 Å². The van der Waals surface area contributed by atoms with Crippen molar-refractivity contribution in [2.45, 2.75) is 13.8 Å². The molecule has 1 rings (SSSR count). The van der Waals surface area contributed by atoms with Crippen molar-refractivity contribution in [2.24, 2.45) is 0 Å². The predicted octanol–water partition coefficient (Wildman–Crippen LogP) is 2.68. The maximum atomic E-state index is 5.34. The van der Waals surface area contributed by atoms with Crippen LogP contribution in [0.2, 0.25) is 0 Å². The fourth-order valence-corrected chi connectivity index (χ4v) is 2.05. The van der Waals surface area contributed by atoms with Crippen molar-refractivity contribution in [1.82, 2.24) is 0 Å². The molecule has 0 bridgehead atoms. The zero-order chi connectivity index (χ0) is 11.4. The van der Waals surface area contributed by atoms with Crippen LogP contribution in [0.25, 0.3) is 0 Å². The summed E-state index contributed by atoms with van der Waals surface area (Å²) in [6, 6.07) is 4.30. The third-order valence-corrected chi connectivity index (χ3v) is 2.73. The van der Waals surface area contributed by atoms with Crippen molar-refractivity contribution in [3.8, 4) is 5.75 Å². The summed E-state index contributed by atoms with van der Waals surface area (Å²) in [4.78, 5) is 2.20. The van der Waals surface area contributed by atoms with Gasteiger partial charge in [-0.2, -0.15) is 12.6 Å². The number of anilines is 1. The summed E-state index contributed by atoms with van der Waals surface area (Å²) in [7, 11) is 3.79. The van der Waals surface area contributed by atoms with Crippen LogP contribution in [0.3, 0.4) is 0 Å². The number of ether oxygens (including phenoxy) is 1. The van der Waals surface area contributed by atoms with Gasteiger partial charge in [-0.1, -0.05) is 0 Å². The van der Waals surface area contributed by atoms with E-state index in [0.717, 1.165) is 18.0 Å². The average Bonchev–Trinajstić information content (AvgIpc) is 2.17. The first-order valence-electron chi connectivity index (χ1n) is 5.07. The molecule has 2 nitrogen and oxygen atoms in total. The topological polar surface area (TPSA) is 12.5 Å². The van der Waals surface area contributed by atoms with Gasteiger partial charge in [-0.05, 0) is 37.1 Å². The first kappa shape index (κ1) is 12.2. The standard InChI is InChI=1S/C12H19NOS/c1-9-7-11(13(3)5-6-15)8-10(2)12(9)14-4/h7-8,15H,5-6H2,1-4H3. The molecule has 0 atom stereocenters. The molecule has 0 saturated carbocycles. The van der Waals surface area contributed by atoms with Crippen LogP contribution in [0.5, 0.6) is 5.75 Å². The molecule has 0 aliphatic rings. The summed E-state index contributed by atoms with van der Waals surface area (Å²) in [6.45, 7) is 5.10. The molecule has 0 heterocycles. The molecule has 1 aromatic rings. The lowest BCUT2D eigenvalue weighted by atomic mass is 10.1. The maximum absolute atomic E-state index is 5.34. The molecular weight excluding hydrogens is 206 g/mol. The van der Waals surface area contributed by atoms with Crippen LogP contribution < -0.4 is 9.64 Å². The number of aryl methyl sites for hydroxylation is 2. The van der Waals surface area contributed by atoms with E-state index in [1.165, 1.54) is 16.8 Å². The molecule has 0 radical (unpaired) electrons. The van der Waals surface area contributed by atoms with Gasteiger partial charge in [0, 0.05) is 25.0 Å². The Hall–Kier alpha value is -0.830. The van der Waals surface area contributed by atoms with Crippen molar-refractivity contribution >= 4 is 18.3 Å². The fourth-order valence-electron chi connectivity index (χ4n) is 1.75. The van der Waals surface area contributed by atoms with E-state index in [2.05, 4.69) is 50.6 Å². The lowest BCUT2D eigenvalue weighted by Gasteiger charge is -2.20. The molecule has 0 unspecified atom stereocenters. The van der Waals surface area contributed by atoms with Gasteiger partial charge in [0.15, 0.2) is 0 Å². The summed E-state index contributed by atoms with van der Waals surface area (Å²) in [5, 5.41) is 0. The van der Waals surface area contributed by atoms with Crippen molar-refractivity contribution in [2.75, 3.05) is 31.4 Å². The van der Waals surface area contributed by atoms with Crippen LogP contribution in [0.1, 0.15) is 11.1 Å². The number of nitrogens with zero attached hydrogens (tertiary/aromatic N) is 1. The summed E-state index contributed by atoms with van der Waals surface area (Å²) >= 11 is 4.23. The summed E-state index contributed by atoms with van der Waals surface area (Å²) in [5.41, 5.74) is 3.58. The normalized spacial score (nSPS) is 10.2. The Balaban J connectivity index is 3.02. The highest BCUT2D eigenvalue weighted by Gasteiger charge is 2.07. The minimum Gasteiger partial charge on any atom is -0.496 e. The molecule has 0 aliphatic carbocycles. The Kier molecular flexibility index (Phi) is 4.33. The molecule has 3 heteroatoms. The van der Waals surface area contributed by atoms with E-state index >= 15 is 0 Å². The predicted molar refractivity (Wildman–Crippen MR) is 69.6 cm³/mol. The van der Waals surface area contributed by atoms with Crippen LogP contribution in [0.4, 0.5) is 5.69 Å². The van der Waals surface area contributed by atoms with E-state index in [1.54, 1.807) is 7.11 Å². The molecule has 15 heavy (non-hydrogen) atoms. The molecule has 0 aromatic heterocycles. The highest BCUT2D eigenvalue weighted by atomic mass is 32.1. The fraction of sp³-hybridized carbons (Fsp3) is 0.500. The van der Waals surface area contributed by atoms with E-state index in [1.807, 2.05) is 0 Å². The number of rotatable bonds is 4. The van der Waals surface area contributed by atoms with Crippen LogP contribution in [-0.2, 0) is 0 Å². The number of methoxy groups -OCH3 is 1. The van der Waals surface area contributed by atoms with Gasteiger partial charge >= 0.3 is 0 Å². The second-order valence-corrected chi connectivity index (χ2v) is 4.21. The molecule has 1 aromatic carbocycles. The second kappa shape index (κ2) is 5.31. The molecule has 0 spiro atoms. The van der Waals surface area contributed by atoms with Crippen LogP contribution in [-0.4, -0.2) is 26.5 Å². The van der Waals surface area contributed by atoms with Crippen LogP contribution in [0, 0.1) is 13.8 Å². The number of benzene rings is 1. The first-order chi connectivity index (χ1) is 7.10. The Morgan fingerprint density at radius 2 is 1.80 bits per heavy atom. The van der Waals surface area contributed by atoms with E-state index < -0.39 is 0 Å². The zero-order valence-corrected chi connectivity index (χ0v) is 10.8. The third kappa shape index (κ3) is 2.81. The molecular formula is C12H19NOS. The summed E-state index contributed by atoms with van der Waals surface area (Å²) < 4.78 is 5.34. The van der Waals surface area contributed by atoms with Crippen LogP contribution >= 0.6 is 12.6 Å². The lowest BCUT2D eigenvalue weighted by molar-refractivity contribution is 0.408. The molecule has 0 fully saturated rings. The second-order valence-electron chi connectivity index (χ2n) is 3.76. The molecule has 0 N–H and O–H groups in total. The Labute approximate surface area is 97.6 Å². The summed E-state index contributed by atoms with van der Waals surface area (Å²) in [5.74, 6) is 1.85. The quantitative estimate of drug-likeness (QED) is 0.791. The number of hydrogen-bond acceptors (Lipinski definition) is 3. The van der Waals surface area contributed by atoms with Crippen molar-refractivity contribution < 1.29 is 4.74 Å². The van der Waals surface area contributed by atoms with E-state index in [-0.39, 0.29) is 0 Å². The van der Waals surface area contributed by atoms with Gasteiger partial charge < -0.3 is 9.64 Å². The van der Waals surface area contributed by atoms with E-state index in [0.29, 0.717) is 0 Å². The van der Waals surface area contributed by atoms with Gasteiger partial charge in [0.2, 0.25) is 0 Å². The summed E-state index contributed by atoms with van der Waals surface area (Å²) in [6.07, 6.45) is 0. The van der Waals surface area contributed by atoms with Crippen molar-refractivity contribution in [3.63, 3.8) is 0 Å². The van der Waals surface area contributed by atoms with Crippen molar-refractivity contribution in [3.05, 3.63) is 23.3 Å². The highest BCUT2D eigenvalue weighted by Crippen LogP contribution is 2.28. The van der Waals surface area contributed by atoms with Gasteiger partial charge in [-0.15, -0.1) is 0 Å². The zero-order valence-electron chi connectivity index (χ0n) is 9.87. The Morgan fingerprint density at radius 1 is 1.27 bits per heavy atom. The largest absolute Gasteiger partial charge is 0.496 e. The van der Waals surface area contributed by atoms with Gasteiger partial charge in [0.05, 0.1) is 7.11 Å². The lowest BCUT2D eigenvalue weighted by Crippen LogP contribution is -2.19. The average molecular weight is 225 g/mol. The third-order valence-electron chi connectivity index (χ3n) is 2.53. The van der Waals surface area contributed by atoms with Crippen molar-refractivity contribution in [1.29, 1.82) is 0 Å². The molecule has 0 aliphatic heterocycles. The minimum absolute atomic E-state index is 0.862. The minimum atomic E-state index is 0.862. The SMILES string of the molecule is COc1c(C)cc(N(C)CCS)cc1C. The number of hydrogen-bond donors (Lipinski definition) is 1. The first-order valence-corrected chi connectivity index (χ1v) is 5.70. The van der Waals surface area contributed by atoms with Gasteiger partial charge in [0.1, 0.15) is 5.75 Å². The molecule has 84 valence electrons. The monoisotopic (exact) mass is 225 g/mol. The maximum Gasteiger partial charge on any atom is 0.124 e. The van der Waals surface area contributed by atoms with Gasteiger partial charge in [-0.3, -0.25) is 0 Å². The van der Waals surface area contributed by atoms with Gasteiger partial charge in [-0.25, -0.2) is 0 Å². The Morgan fingerprint density at radius 3 is 2.20 bits per heavy atom. The van der Waals surface area contributed by atoms with Gasteiger partial charge in [0.25, 0.3) is 0 Å². The van der Waals surface area contributed by atoms with E-state index in [4.69, 9.17) is 4.74 Å². The van der Waals surface area contributed by atoms with E-state index in [9.17, 15) is 0 Å².